The molecular weight excluding hydrogens is 202 g/mol. The van der Waals surface area contributed by atoms with Crippen LogP contribution < -0.4 is 0 Å². The lowest BCUT2D eigenvalue weighted by atomic mass is 10.1. The molecule has 0 bridgehead atoms. The summed E-state index contributed by atoms with van der Waals surface area (Å²) in [5.74, 6) is 1.45. The van der Waals surface area contributed by atoms with Gasteiger partial charge < -0.3 is 4.42 Å². The van der Waals surface area contributed by atoms with Crippen LogP contribution in [0.4, 0.5) is 0 Å². The van der Waals surface area contributed by atoms with Gasteiger partial charge in [0.05, 0.1) is 0 Å². The molecule has 1 aromatic heterocycles. The maximum absolute atomic E-state index is 9.96. The zero-order valence-electron chi connectivity index (χ0n) is 8.93. The fourth-order valence-corrected chi connectivity index (χ4v) is 1.45. The first-order valence-corrected chi connectivity index (χ1v) is 4.99. The highest BCUT2D eigenvalue weighted by Gasteiger charge is 2.03. The highest BCUT2D eigenvalue weighted by molar-refractivity contribution is 5.57. The summed E-state index contributed by atoms with van der Waals surface area (Å²) in [5.41, 5.74) is 2.23. The number of rotatable bonds is 3. The predicted octanol–water partition coefficient (Wildman–Crippen LogP) is 3.09. The zero-order chi connectivity index (χ0) is 11.4. The van der Waals surface area contributed by atoms with Gasteiger partial charge in [-0.15, -0.1) is 0 Å². The van der Waals surface area contributed by atoms with Crippen molar-refractivity contribution in [2.45, 2.75) is 13.5 Å². The Morgan fingerprint density at radius 3 is 2.62 bits per heavy atom. The SMILES string of the molecule is Cc1ccc(-c2ccc(CN=C=O)o2)cc1. The Balaban J connectivity index is 2.24. The molecule has 0 aliphatic heterocycles. The molecule has 0 spiro atoms. The Kier molecular flexibility index (Phi) is 2.99. The van der Waals surface area contributed by atoms with E-state index in [-0.39, 0.29) is 6.54 Å². The predicted molar refractivity (Wildman–Crippen MR) is 60.7 cm³/mol. The van der Waals surface area contributed by atoms with E-state index < -0.39 is 0 Å². The second kappa shape index (κ2) is 4.60. The summed E-state index contributed by atoms with van der Waals surface area (Å²) in [5, 5.41) is 0. The Hall–Kier alpha value is -2.12. The summed E-state index contributed by atoms with van der Waals surface area (Å²) < 4.78 is 5.54. The number of benzene rings is 1. The Morgan fingerprint density at radius 1 is 1.19 bits per heavy atom. The van der Waals surface area contributed by atoms with Crippen LogP contribution in [0.25, 0.3) is 11.3 Å². The summed E-state index contributed by atoms with van der Waals surface area (Å²) in [6.45, 7) is 2.28. The zero-order valence-corrected chi connectivity index (χ0v) is 8.93. The van der Waals surface area contributed by atoms with Gasteiger partial charge in [-0.3, -0.25) is 0 Å². The van der Waals surface area contributed by atoms with Crippen molar-refractivity contribution in [3.63, 3.8) is 0 Å². The third kappa shape index (κ3) is 2.27. The smallest absolute Gasteiger partial charge is 0.235 e. The minimum Gasteiger partial charge on any atom is -0.459 e. The number of furan rings is 1. The third-order valence-electron chi connectivity index (χ3n) is 2.30. The minimum absolute atomic E-state index is 0.245. The number of isocyanates is 1. The summed E-state index contributed by atoms with van der Waals surface area (Å²) in [4.78, 5) is 13.4. The van der Waals surface area contributed by atoms with E-state index in [4.69, 9.17) is 4.42 Å². The molecule has 3 nitrogen and oxygen atoms in total. The van der Waals surface area contributed by atoms with Gasteiger partial charge in [-0.1, -0.05) is 29.8 Å². The van der Waals surface area contributed by atoms with Crippen LogP contribution in [0.5, 0.6) is 0 Å². The summed E-state index contributed by atoms with van der Waals surface area (Å²) >= 11 is 0. The Bertz CT molecular complexity index is 519. The van der Waals surface area contributed by atoms with Crippen molar-refractivity contribution in [2.24, 2.45) is 4.99 Å². The maximum Gasteiger partial charge on any atom is 0.235 e. The van der Waals surface area contributed by atoms with E-state index >= 15 is 0 Å². The highest BCUT2D eigenvalue weighted by Crippen LogP contribution is 2.22. The van der Waals surface area contributed by atoms with E-state index in [1.54, 1.807) is 0 Å². The van der Waals surface area contributed by atoms with Gasteiger partial charge in [0, 0.05) is 5.56 Å². The van der Waals surface area contributed by atoms with Gasteiger partial charge in [-0.2, -0.15) is 4.99 Å². The highest BCUT2D eigenvalue weighted by atomic mass is 16.3. The van der Waals surface area contributed by atoms with Gasteiger partial charge in [-0.25, -0.2) is 4.79 Å². The van der Waals surface area contributed by atoms with Crippen LogP contribution in [0, 0.1) is 6.92 Å². The lowest BCUT2D eigenvalue weighted by Gasteiger charge is -1.97. The van der Waals surface area contributed by atoms with Gasteiger partial charge in [0.25, 0.3) is 0 Å². The first-order chi connectivity index (χ1) is 7.79. The van der Waals surface area contributed by atoms with Crippen LogP contribution in [0.2, 0.25) is 0 Å². The molecule has 80 valence electrons. The maximum atomic E-state index is 9.96. The van der Waals surface area contributed by atoms with Gasteiger partial charge in [-0.05, 0) is 19.1 Å². The Labute approximate surface area is 93.4 Å². The number of aryl methyl sites for hydroxylation is 1. The fourth-order valence-electron chi connectivity index (χ4n) is 1.45. The fraction of sp³-hybridized carbons (Fsp3) is 0.154. The van der Waals surface area contributed by atoms with Crippen LogP contribution >= 0.6 is 0 Å². The molecule has 0 aliphatic rings. The molecular formula is C13H11NO2. The van der Waals surface area contributed by atoms with Gasteiger partial charge in [0.15, 0.2) is 0 Å². The second-order valence-corrected chi connectivity index (χ2v) is 3.54. The average molecular weight is 213 g/mol. The van der Waals surface area contributed by atoms with Crippen LogP contribution in [0.1, 0.15) is 11.3 Å². The van der Waals surface area contributed by atoms with E-state index in [0.717, 1.165) is 11.3 Å². The normalized spacial score (nSPS) is 9.81. The summed E-state index contributed by atoms with van der Waals surface area (Å²) in [6, 6.07) is 11.8. The van der Waals surface area contributed by atoms with Crippen molar-refractivity contribution < 1.29 is 9.21 Å². The van der Waals surface area contributed by atoms with Crippen LogP contribution in [-0.4, -0.2) is 6.08 Å². The molecule has 0 radical (unpaired) electrons. The number of hydrogen-bond acceptors (Lipinski definition) is 3. The summed E-state index contributed by atoms with van der Waals surface area (Å²) in [6.07, 6.45) is 1.49. The number of nitrogens with zero attached hydrogens (tertiary/aromatic N) is 1. The van der Waals surface area contributed by atoms with Crippen LogP contribution in [0.15, 0.2) is 45.8 Å². The van der Waals surface area contributed by atoms with E-state index in [2.05, 4.69) is 4.99 Å². The summed E-state index contributed by atoms with van der Waals surface area (Å²) in [7, 11) is 0. The van der Waals surface area contributed by atoms with E-state index in [1.165, 1.54) is 11.6 Å². The minimum atomic E-state index is 0.245. The Morgan fingerprint density at radius 2 is 1.94 bits per heavy atom. The van der Waals surface area contributed by atoms with E-state index in [1.807, 2.05) is 43.3 Å². The van der Waals surface area contributed by atoms with Crippen molar-refractivity contribution in [2.75, 3.05) is 0 Å². The topological polar surface area (TPSA) is 42.6 Å². The average Bonchev–Trinajstić information content (AvgIpc) is 2.76. The monoisotopic (exact) mass is 213 g/mol. The lowest BCUT2D eigenvalue weighted by molar-refractivity contribution is 0.521. The number of hydrogen-bond donors (Lipinski definition) is 0. The molecule has 0 amide bonds. The number of carbonyl (C=O) groups excluding carboxylic acids is 1. The lowest BCUT2D eigenvalue weighted by Crippen LogP contribution is -1.76. The third-order valence-corrected chi connectivity index (χ3v) is 2.30. The van der Waals surface area contributed by atoms with Crippen LogP contribution in [0.3, 0.4) is 0 Å². The van der Waals surface area contributed by atoms with Crippen molar-refractivity contribution >= 4 is 6.08 Å². The molecule has 2 rings (SSSR count). The second-order valence-electron chi connectivity index (χ2n) is 3.54. The molecule has 0 atom stereocenters. The first-order valence-electron chi connectivity index (χ1n) is 4.99. The molecule has 1 heterocycles. The molecule has 0 unspecified atom stereocenters. The van der Waals surface area contributed by atoms with Crippen LogP contribution in [-0.2, 0) is 11.3 Å². The van der Waals surface area contributed by atoms with Crippen molar-refractivity contribution in [3.8, 4) is 11.3 Å². The molecule has 2 aromatic rings. The molecule has 3 heteroatoms. The molecule has 0 saturated heterocycles. The van der Waals surface area contributed by atoms with E-state index in [9.17, 15) is 4.79 Å². The van der Waals surface area contributed by atoms with Gasteiger partial charge in [0.1, 0.15) is 18.1 Å². The molecule has 16 heavy (non-hydrogen) atoms. The first kappa shape index (κ1) is 10.4. The van der Waals surface area contributed by atoms with Crippen molar-refractivity contribution in [1.29, 1.82) is 0 Å². The van der Waals surface area contributed by atoms with E-state index in [0.29, 0.717) is 5.76 Å². The van der Waals surface area contributed by atoms with Crippen molar-refractivity contribution in [1.82, 2.24) is 0 Å². The molecule has 0 aliphatic carbocycles. The molecule has 1 aromatic carbocycles. The standard InChI is InChI=1S/C13H11NO2/c1-10-2-4-11(5-3-10)13-7-6-12(16-13)8-14-9-15/h2-7H,8H2,1H3. The van der Waals surface area contributed by atoms with Crippen molar-refractivity contribution in [3.05, 3.63) is 47.7 Å². The molecule has 0 N–H and O–H groups in total. The molecule has 0 saturated carbocycles. The van der Waals surface area contributed by atoms with Gasteiger partial charge in [0.2, 0.25) is 6.08 Å². The largest absolute Gasteiger partial charge is 0.459 e. The molecule has 0 fully saturated rings. The van der Waals surface area contributed by atoms with Gasteiger partial charge >= 0.3 is 0 Å². The number of aliphatic imine (C=N–C) groups is 1. The quantitative estimate of drug-likeness (QED) is 0.580.